The fourth-order valence-corrected chi connectivity index (χ4v) is 2.16. The molecule has 1 fully saturated rings. The lowest BCUT2D eigenvalue weighted by atomic mass is 10.1. The molecule has 2 rings (SSSR count). The standard InChI is InChI=1S/C10H11NO3S/c12-10(13)11-9(7-14-15-11)6-8-4-2-1-3-5-8/h1-5,9H,6-7H2,(H,12,13). The predicted octanol–water partition coefficient (Wildman–Crippen LogP) is 2.17. The average Bonchev–Trinajstić information content (AvgIpc) is 2.67. The molecule has 0 saturated carbocycles. The van der Waals surface area contributed by atoms with Gasteiger partial charge in [-0.2, -0.15) is 0 Å². The van der Waals surface area contributed by atoms with E-state index < -0.39 is 6.09 Å². The van der Waals surface area contributed by atoms with Crippen LogP contribution in [0.3, 0.4) is 0 Å². The SMILES string of the molecule is O=C(O)N1SOCC1Cc1ccccc1. The summed E-state index contributed by atoms with van der Waals surface area (Å²) in [5.41, 5.74) is 1.12. The number of hydrogen-bond acceptors (Lipinski definition) is 3. The Kier molecular flexibility index (Phi) is 3.13. The summed E-state index contributed by atoms with van der Waals surface area (Å²) >= 11 is 0.912. The van der Waals surface area contributed by atoms with E-state index in [1.54, 1.807) is 0 Å². The number of nitrogens with zero attached hydrogens (tertiary/aromatic N) is 1. The molecule has 1 heterocycles. The van der Waals surface area contributed by atoms with Crippen LogP contribution in [0.5, 0.6) is 0 Å². The third-order valence-corrected chi connectivity index (χ3v) is 3.08. The maximum Gasteiger partial charge on any atom is 0.419 e. The van der Waals surface area contributed by atoms with Crippen molar-refractivity contribution in [3.05, 3.63) is 35.9 Å². The molecule has 1 atom stereocenters. The van der Waals surface area contributed by atoms with Crippen molar-refractivity contribution in [2.24, 2.45) is 0 Å². The Morgan fingerprint density at radius 3 is 2.93 bits per heavy atom. The quantitative estimate of drug-likeness (QED) is 0.619. The van der Waals surface area contributed by atoms with E-state index in [2.05, 4.69) is 0 Å². The van der Waals surface area contributed by atoms with Crippen LogP contribution >= 0.6 is 12.2 Å². The summed E-state index contributed by atoms with van der Waals surface area (Å²) in [5.74, 6) is 0. The molecule has 80 valence electrons. The van der Waals surface area contributed by atoms with Gasteiger partial charge in [-0.1, -0.05) is 30.3 Å². The number of carboxylic acid groups (broad SMARTS) is 1. The maximum absolute atomic E-state index is 10.8. The summed E-state index contributed by atoms with van der Waals surface area (Å²) in [6.45, 7) is 0.450. The molecular weight excluding hydrogens is 214 g/mol. The fraction of sp³-hybridized carbons (Fsp3) is 0.300. The first-order valence-corrected chi connectivity index (χ1v) is 5.33. The third-order valence-electron chi connectivity index (χ3n) is 2.23. The predicted molar refractivity (Wildman–Crippen MR) is 57.3 cm³/mol. The van der Waals surface area contributed by atoms with E-state index in [0.717, 1.165) is 17.8 Å². The molecule has 1 unspecified atom stereocenters. The van der Waals surface area contributed by atoms with E-state index in [0.29, 0.717) is 13.0 Å². The second-order valence-electron chi connectivity index (χ2n) is 3.31. The first kappa shape index (κ1) is 10.3. The molecule has 0 radical (unpaired) electrons. The van der Waals surface area contributed by atoms with Crippen molar-refractivity contribution in [3.8, 4) is 0 Å². The van der Waals surface area contributed by atoms with Gasteiger partial charge in [0.05, 0.1) is 12.6 Å². The van der Waals surface area contributed by atoms with Crippen molar-refractivity contribution >= 4 is 18.3 Å². The molecule has 1 aromatic carbocycles. The van der Waals surface area contributed by atoms with Gasteiger partial charge < -0.3 is 5.11 Å². The monoisotopic (exact) mass is 225 g/mol. The van der Waals surface area contributed by atoms with Crippen LogP contribution in [0.4, 0.5) is 4.79 Å². The molecule has 0 bridgehead atoms. The zero-order valence-corrected chi connectivity index (χ0v) is 8.81. The summed E-state index contributed by atoms with van der Waals surface area (Å²) in [4.78, 5) is 10.8. The minimum atomic E-state index is -0.946. The van der Waals surface area contributed by atoms with Gasteiger partial charge in [-0.3, -0.25) is 4.18 Å². The van der Waals surface area contributed by atoms with Crippen molar-refractivity contribution in [1.82, 2.24) is 4.31 Å². The van der Waals surface area contributed by atoms with Gasteiger partial charge >= 0.3 is 6.09 Å². The van der Waals surface area contributed by atoms with Crippen LogP contribution in [-0.4, -0.2) is 28.2 Å². The Balaban J connectivity index is 2.03. The highest BCUT2D eigenvalue weighted by Crippen LogP contribution is 2.26. The number of rotatable bonds is 2. The van der Waals surface area contributed by atoms with E-state index in [9.17, 15) is 4.79 Å². The van der Waals surface area contributed by atoms with Gasteiger partial charge in [0.25, 0.3) is 0 Å². The van der Waals surface area contributed by atoms with Crippen LogP contribution in [-0.2, 0) is 10.6 Å². The van der Waals surface area contributed by atoms with Crippen molar-refractivity contribution in [1.29, 1.82) is 0 Å². The van der Waals surface area contributed by atoms with Crippen LogP contribution in [0.1, 0.15) is 5.56 Å². The summed E-state index contributed by atoms with van der Waals surface area (Å²) < 4.78 is 6.32. The van der Waals surface area contributed by atoms with Gasteiger partial charge in [-0.05, 0) is 12.0 Å². The lowest BCUT2D eigenvalue weighted by Crippen LogP contribution is -2.32. The molecule has 0 spiro atoms. The number of hydrogen-bond donors (Lipinski definition) is 1. The minimum absolute atomic E-state index is 0.0881. The molecule has 1 aromatic rings. The van der Waals surface area contributed by atoms with Gasteiger partial charge in [-0.15, -0.1) is 0 Å². The van der Waals surface area contributed by atoms with E-state index in [4.69, 9.17) is 9.29 Å². The normalized spacial score (nSPS) is 20.5. The van der Waals surface area contributed by atoms with Crippen molar-refractivity contribution < 1.29 is 14.1 Å². The summed E-state index contributed by atoms with van der Waals surface area (Å²) in [5, 5.41) is 8.89. The molecule has 1 amide bonds. The Hall–Kier alpha value is -1.20. The van der Waals surface area contributed by atoms with E-state index >= 15 is 0 Å². The van der Waals surface area contributed by atoms with Crippen LogP contribution < -0.4 is 0 Å². The van der Waals surface area contributed by atoms with Gasteiger partial charge in [0, 0.05) is 0 Å². The maximum atomic E-state index is 10.8. The van der Waals surface area contributed by atoms with Gasteiger partial charge in [0.2, 0.25) is 0 Å². The lowest BCUT2D eigenvalue weighted by molar-refractivity contribution is 0.166. The number of benzene rings is 1. The first-order valence-electron chi connectivity index (χ1n) is 4.63. The Bertz CT molecular complexity index is 344. The lowest BCUT2D eigenvalue weighted by Gasteiger charge is -2.16. The first-order chi connectivity index (χ1) is 7.27. The van der Waals surface area contributed by atoms with Crippen LogP contribution in [0.25, 0.3) is 0 Å². The van der Waals surface area contributed by atoms with Crippen LogP contribution in [0, 0.1) is 0 Å². The van der Waals surface area contributed by atoms with Gasteiger partial charge in [0.1, 0.15) is 12.2 Å². The highest BCUT2D eigenvalue weighted by atomic mass is 32.2. The molecule has 5 heteroatoms. The smallest absolute Gasteiger partial charge is 0.419 e. The Morgan fingerprint density at radius 2 is 2.27 bits per heavy atom. The van der Waals surface area contributed by atoms with Crippen LogP contribution in [0.2, 0.25) is 0 Å². The summed E-state index contributed by atoms with van der Waals surface area (Å²) in [6, 6.07) is 9.73. The van der Waals surface area contributed by atoms with E-state index in [1.165, 1.54) is 4.31 Å². The van der Waals surface area contributed by atoms with Gasteiger partial charge in [0.15, 0.2) is 0 Å². The topological polar surface area (TPSA) is 49.8 Å². The van der Waals surface area contributed by atoms with Crippen molar-refractivity contribution in [2.45, 2.75) is 12.5 Å². The second kappa shape index (κ2) is 4.55. The average molecular weight is 225 g/mol. The van der Waals surface area contributed by atoms with Crippen molar-refractivity contribution in [2.75, 3.05) is 6.61 Å². The van der Waals surface area contributed by atoms with Crippen LogP contribution in [0.15, 0.2) is 30.3 Å². The van der Waals surface area contributed by atoms with Gasteiger partial charge in [-0.25, -0.2) is 9.10 Å². The second-order valence-corrected chi connectivity index (χ2v) is 4.09. The number of carbonyl (C=O) groups is 1. The highest BCUT2D eigenvalue weighted by molar-refractivity contribution is 7.93. The largest absolute Gasteiger partial charge is 0.464 e. The molecule has 0 aromatic heterocycles. The summed E-state index contributed by atoms with van der Waals surface area (Å²) in [7, 11) is 0. The highest BCUT2D eigenvalue weighted by Gasteiger charge is 2.31. The molecule has 15 heavy (non-hydrogen) atoms. The fourth-order valence-electron chi connectivity index (χ4n) is 1.51. The van der Waals surface area contributed by atoms with E-state index in [-0.39, 0.29) is 6.04 Å². The molecule has 1 aliphatic rings. The third kappa shape index (κ3) is 2.43. The minimum Gasteiger partial charge on any atom is -0.464 e. The van der Waals surface area contributed by atoms with E-state index in [1.807, 2.05) is 30.3 Å². The summed E-state index contributed by atoms with van der Waals surface area (Å²) in [6.07, 6.45) is -0.251. The number of amides is 1. The zero-order valence-electron chi connectivity index (χ0n) is 8.00. The molecule has 0 aliphatic carbocycles. The Labute approximate surface area is 92.2 Å². The molecular formula is C10H11NO3S. The molecule has 1 N–H and O–H groups in total. The molecule has 4 nitrogen and oxygen atoms in total. The molecule has 1 saturated heterocycles. The zero-order chi connectivity index (χ0) is 10.7. The Morgan fingerprint density at radius 1 is 1.53 bits per heavy atom. The molecule has 1 aliphatic heterocycles. The van der Waals surface area contributed by atoms with Crippen molar-refractivity contribution in [3.63, 3.8) is 0 Å².